The Morgan fingerprint density at radius 3 is 2.65 bits per heavy atom. The van der Waals surface area contributed by atoms with E-state index in [0.29, 0.717) is 10.6 Å². The fourth-order valence-electron chi connectivity index (χ4n) is 1.56. The molecule has 0 aliphatic rings. The smallest absolute Gasteiger partial charge is 0.203 e. The van der Waals surface area contributed by atoms with Crippen molar-refractivity contribution in [3.63, 3.8) is 0 Å². The van der Waals surface area contributed by atoms with Crippen LogP contribution < -0.4 is 0 Å². The normalized spacial score (nSPS) is 10.5. The molecule has 2 aromatic rings. The first kappa shape index (κ1) is 12.2. The van der Waals surface area contributed by atoms with Crippen molar-refractivity contribution in [3.8, 4) is 0 Å². The van der Waals surface area contributed by atoms with Gasteiger partial charge in [0.1, 0.15) is 0 Å². The van der Waals surface area contributed by atoms with Crippen LogP contribution in [0.1, 0.15) is 21.5 Å². The van der Waals surface area contributed by atoms with Crippen LogP contribution in [-0.2, 0) is 6.42 Å². The van der Waals surface area contributed by atoms with Gasteiger partial charge in [0.15, 0.2) is 5.78 Å². The van der Waals surface area contributed by atoms with Gasteiger partial charge in [-0.2, -0.15) is 0 Å². The minimum absolute atomic E-state index is 0.102. The maximum atomic E-state index is 11.9. The number of Topliss-reactive ketones (excluding diaryl/α,β-unsaturated/α-hetero) is 1. The first-order valence-electron chi connectivity index (χ1n) is 5.09. The van der Waals surface area contributed by atoms with Gasteiger partial charge in [-0.3, -0.25) is 4.79 Å². The Morgan fingerprint density at radius 1 is 1.29 bits per heavy atom. The number of furan rings is 1. The molecule has 2 nitrogen and oxygen atoms in total. The molecule has 0 saturated heterocycles. The van der Waals surface area contributed by atoms with Crippen LogP contribution in [0.4, 0.5) is 0 Å². The highest BCUT2D eigenvalue weighted by molar-refractivity contribution is 6.33. The highest BCUT2D eigenvalue weighted by Gasteiger charge is 2.14. The van der Waals surface area contributed by atoms with Crippen LogP contribution in [0.2, 0.25) is 10.2 Å². The largest absolute Gasteiger partial charge is 0.452 e. The van der Waals surface area contributed by atoms with E-state index in [4.69, 9.17) is 27.6 Å². The number of ketones is 1. The zero-order chi connectivity index (χ0) is 12.4. The second-order valence-corrected chi connectivity index (χ2v) is 4.55. The molecule has 0 N–H and O–H groups in total. The van der Waals surface area contributed by atoms with Gasteiger partial charge in [0.25, 0.3) is 0 Å². The molecule has 0 radical (unpaired) electrons. The van der Waals surface area contributed by atoms with Gasteiger partial charge >= 0.3 is 0 Å². The number of aryl methyl sites for hydroxylation is 1. The third kappa shape index (κ3) is 2.71. The van der Waals surface area contributed by atoms with Crippen LogP contribution in [0.25, 0.3) is 0 Å². The van der Waals surface area contributed by atoms with Crippen LogP contribution in [0.3, 0.4) is 0 Å². The molecule has 1 aromatic heterocycles. The van der Waals surface area contributed by atoms with Crippen molar-refractivity contribution in [2.45, 2.75) is 13.3 Å². The molecule has 0 spiro atoms. The van der Waals surface area contributed by atoms with E-state index in [0.717, 1.165) is 11.1 Å². The molecule has 17 heavy (non-hydrogen) atoms. The van der Waals surface area contributed by atoms with Gasteiger partial charge in [0.2, 0.25) is 5.22 Å². The number of rotatable bonds is 3. The lowest BCUT2D eigenvalue weighted by atomic mass is 10.0. The van der Waals surface area contributed by atoms with Gasteiger partial charge in [-0.15, -0.1) is 0 Å². The predicted molar refractivity (Wildman–Crippen MR) is 67.9 cm³/mol. The average molecular weight is 269 g/mol. The minimum Gasteiger partial charge on any atom is -0.452 e. The lowest BCUT2D eigenvalue weighted by molar-refractivity contribution is 0.0992. The fraction of sp³-hybridized carbons (Fsp3) is 0.154. The van der Waals surface area contributed by atoms with Crippen molar-refractivity contribution < 1.29 is 9.21 Å². The predicted octanol–water partition coefficient (Wildman–Crippen LogP) is 4.32. The average Bonchev–Trinajstić information content (AvgIpc) is 2.68. The molecular weight excluding hydrogens is 259 g/mol. The molecule has 0 atom stereocenters. The van der Waals surface area contributed by atoms with Gasteiger partial charge in [-0.05, 0) is 41.8 Å². The Kier molecular flexibility index (Phi) is 3.55. The summed E-state index contributed by atoms with van der Waals surface area (Å²) in [6, 6.07) is 7.17. The first-order chi connectivity index (χ1) is 8.08. The Morgan fingerprint density at radius 2 is 2.06 bits per heavy atom. The zero-order valence-corrected chi connectivity index (χ0v) is 10.7. The van der Waals surface area contributed by atoms with Crippen LogP contribution in [0.5, 0.6) is 0 Å². The number of carbonyl (C=O) groups is 1. The molecule has 2 rings (SSSR count). The molecule has 0 fully saturated rings. The monoisotopic (exact) mass is 268 g/mol. The summed E-state index contributed by atoms with van der Waals surface area (Å²) in [4.78, 5) is 11.9. The number of benzene rings is 1. The molecule has 0 saturated carbocycles. The van der Waals surface area contributed by atoms with E-state index < -0.39 is 0 Å². The highest BCUT2D eigenvalue weighted by Crippen LogP contribution is 2.22. The summed E-state index contributed by atoms with van der Waals surface area (Å²) in [6.45, 7) is 1.95. The van der Waals surface area contributed by atoms with E-state index in [9.17, 15) is 4.79 Å². The molecule has 1 aromatic carbocycles. The summed E-state index contributed by atoms with van der Waals surface area (Å²) >= 11 is 11.8. The van der Waals surface area contributed by atoms with E-state index >= 15 is 0 Å². The quantitative estimate of drug-likeness (QED) is 0.777. The number of hydrogen-bond donors (Lipinski definition) is 0. The van der Waals surface area contributed by atoms with Crippen LogP contribution >= 0.6 is 23.2 Å². The number of carbonyl (C=O) groups excluding carboxylic acids is 1. The number of halogens is 2. The van der Waals surface area contributed by atoms with Crippen molar-refractivity contribution >= 4 is 29.0 Å². The molecule has 88 valence electrons. The topological polar surface area (TPSA) is 30.2 Å². The third-order valence-electron chi connectivity index (χ3n) is 2.48. The van der Waals surface area contributed by atoms with Crippen molar-refractivity contribution in [1.82, 2.24) is 0 Å². The van der Waals surface area contributed by atoms with Gasteiger partial charge < -0.3 is 4.42 Å². The van der Waals surface area contributed by atoms with E-state index in [1.807, 2.05) is 25.1 Å². The SMILES string of the molecule is Cc1ccc(CC(=O)c2ccoc2Cl)c(Cl)c1. The second kappa shape index (κ2) is 4.94. The molecule has 0 aliphatic heterocycles. The van der Waals surface area contributed by atoms with Crippen molar-refractivity contribution in [3.05, 3.63) is 57.5 Å². The summed E-state index contributed by atoms with van der Waals surface area (Å²) in [7, 11) is 0. The van der Waals surface area contributed by atoms with Crippen molar-refractivity contribution in [1.29, 1.82) is 0 Å². The molecule has 0 amide bonds. The van der Waals surface area contributed by atoms with Crippen molar-refractivity contribution in [2.24, 2.45) is 0 Å². The fourth-order valence-corrected chi connectivity index (χ4v) is 2.08. The van der Waals surface area contributed by atoms with Gasteiger partial charge in [-0.25, -0.2) is 0 Å². The summed E-state index contributed by atoms with van der Waals surface area (Å²) in [6.07, 6.45) is 1.62. The van der Waals surface area contributed by atoms with E-state index in [-0.39, 0.29) is 17.4 Å². The lowest BCUT2D eigenvalue weighted by Crippen LogP contribution is -2.03. The summed E-state index contributed by atoms with van der Waals surface area (Å²) in [5.74, 6) is -0.102. The lowest BCUT2D eigenvalue weighted by Gasteiger charge is -2.03. The van der Waals surface area contributed by atoms with E-state index in [1.54, 1.807) is 6.07 Å². The van der Waals surface area contributed by atoms with E-state index in [2.05, 4.69) is 0 Å². The third-order valence-corrected chi connectivity index (χ3v) is 3.12. The Hall–Kier alpha value is -1.25. The van der Waals surface area contributed by atoms with E-state index in [1.165, 1.54) is 6.26 Å². The summed E-state index contributed by atoms with van der Waals surface area (Å²) in [5.41, 5.74) is 2.25. The molecular formula is C13H10Cl2O2. The molecule has 0 aliphatic carbocycles. The second-order valence-electron chi connectivity index (χ2n) is 3.80. The standard InChI is InChI=1S/C13H10Cl2O2/c1-8-2-3-9(11(14)6-8)7-12(16)10-4-5-17-13(10)15/h2-6H,7H2,1H3. The maximum Gasteiger partial charge on any atom is 0.203 e. The summed E-state index contributed by atoms with van der Waals surface area (Å²) in [5, 5.41) is 0.719. The Labute approximate surface area is 109 Å². The molecule has 0 bridgehead atoms. The van der Waals surface area contributed by atoms with Gasteiger partial charge in [-0.1, -0.05) is 23.7 Å². The maximum absolute atomic E-state index is 11.9. The van der Waals surface area contributed by atoms with Gasteiger partial charge in [0, 0.05) is 11.4 Å². The molecule has 0 unspecified atom stereocenters. The van der Waals surface area contributed by atoms with Crippen LogP contribution in [0.15, 0.2) is 34.9 Å². The van der Waals surface area contributed by atoms with Gasteiger partial charge in [0.05, 0.1) is 11.8 Å². The van der Waals surface area contributed by atoms with Crippen LogP contribution in [0, 0.1) is 6.92 Å². The summed E-state index contributed by atoms with van der Waals surface area (Å²) < 4.78 is 4.88. The molecule has 1 heterocycles. The first-order valence-corrected chi connectivity index (χ1v) is 5.84. The zero-order valence-electron chi connectivity index (χ0n) is 9.17. The Bertz CT molecular complexity index is 558. The number of hydrogen-bond acceptors (Lipinski definition) is 2. The Balaban J connectivity index is 2.22. The highest BCUT2D eigenvalue weighted by atomic mass is 35.5. The minimum atomic E-state index is -0.102. The molecule has 4 heteroatoms. The van der Waals surface area contributed by atoms with Crippen LogP contribution in [-0.4, -0.2) is 5.78 Å². The van der Waals surface area contributed by atoms with Crippen molar-refractivity contribution in [2.75, 3.05) is 0 Å².